The quantitative estimate of drug-likeness (QED) is 0.840. The number of carbonyl (C=O) groups excluding carboxylic acids is 1. The minimum absolute atomic E-state index is 0. The van der Waals surface area contributed by atoms with Crippen LogP contribution in [0, 0.1) is 17.7 Å². The summed E-state index contributed by atoms with van der Waals surface area (Å²) >= 11 is 0. The van der Waals surface area contributed by atoms with E-state index in [1.807, 2.05) is 4.90 Å². The summed E-state index contributed by atoms with van der Waals surface area (Å²) in [7, 11) is 0. The molecule has 98 valence electrons. The lowest BCUT2D eigenvalue weighted by atomic mass is 10.0. The van der Waals surface area contributed by atoms with E-state index >= 15 is 0 Å². The van der Waals surface area contributed by atoms with E-state index in [-0.39, 0.29) is 24.1 Å². The molecule has 3 nitrogen and oxygen atoms in total. The van der Waals surface area contributed by atoms with Crippen LogP contribution in [0.3, 0.4) is 0 Å². The van der Waals surface area contributed by atoms with Gasteiger partial charge in [-0.2, -0.15) is 0 Å². The number of fused-ring (bicyclic) bond motifs is 1. The SMILES string of the molecule is Cl.O=C(c1ccc(F)cc1)N1C[C@H]2CNC[C@H]2C1. The molecule has 2 fully saturated rings. The minimum Gasteiger partial charge on any atom is -0.338 e. The van der Waals surface area contributed by atoms with E-state index in [1.165, 1.54) is 12.1 Å². The number of hydrogen-bond acceptors (Lipinski definition) is 2. The average molecular weight is 271 g/mol. The molecule has 1 aromatic rings. The summed E-state index contributed by atoms with van der Waals surface area (Å²) in [4.78, 5) is 14.1. The first kappa shape index (κ1) is 13.3. The number of halogens is 2. The predicted octanol–water partition coefficient (Wildman–Crippen LogP) is 1.54. The number of nitrogens with one attached hydrogen (secondary N) is 1. The largest absolute Gasteiger partial charge is 0.338 e. The summed E-state index contributed by atoms with van der Waals surface area (Å²) in [5, 5.41) is 3.34. The zero-order valence-corrected chi connectivity index (χ0v) is 10.8. The van der Waals surface area contributed by atoms with Gasteiger partial charge in [0.2, 0.25) is 0 Å². The molecule has 5 heteroatoms. The summed E-state index contributed by atoms with van der Waals surface area (Å²) < 4.78 is 12.8. The van der Waals surface area contributed by atoms with Gasteiger partial charge in [-0.25, -0.2) is 4.39 Å². The van der Waals surface area contributed by atoms with Gasteiger partial charge in [-0.05, 0) is 36.1 Å². The van der Waals surface area contributed by atoms with E-state index in [0.29, 0.717) is 17.4 Å². The second-order valence-corrected chi connectivity index (χ2v) is 4.90. The highest BCUT2D eigenvalue weighted by Gasteiger charge is 2.38. The van der Waals surface area contributed by atoms with Crippen LogP contribution in [0.15, 0.2) is 24.3 Å². The van der Waals surface area contributed by atoms with Crippen molar-refractivity contribution >= 4 is 18.3 Å². The van der Waals surface area contributed by atoms with Crippen molar-refractivity contribution in [1.82, 2.24) is 10.2 Å². The minimum atomic E-state index is -0.302. The Balaban J connectivity index is 0.00000120. The first-order valence-corrected chi connectivity index (χ1v) is 5.99. The van der Waals surface area contributed by atoms with Gasteiger partial charge in [-0.1, -0.05) is 0 Å². The molecule has 0 aromatic heterocycles. The first-order valence-electron chi connectivity index (χ1n) is 5.99. The van der Waals surface area contributed by atoms with Gasteiger partial charge in [-0.3, -0.25) is 4.79 Å². The van der Waals surface area contributed by atoms with Crippen molar-refractivity contribution in [1.29, 1.82) is 0 Å². The van der Waals surface area contributed by atoms with Gasteiger partial charge in [0.15, 0.2) is 0 Å². The fraction of sp³-hybridized carbons (Fsp3) is 0.462. The second kappa shape index (κ2) is 5.24. The lowest BCUT2D eigenvalue weighted by molar-refractivity contribution is 0.0781. The standard InChI is InChI=1S/C13H15FN2O.ClH/c14-12-3-1-9(2-4-12)13(17)16-7-10-5-15-6-11(10)8-16;/h1-4,10-11,15H,5-8H2;1H/t10-,11+;. The monoisotopic (exact) mass is 270 g/mol. The van der Waals surface area contributed by atoms with Gasteiger partial charge in [-0.15, -0.1) is 12.4 Å². The van der Waals surface area contributed by atoms with Crippen molar-refractivity contribution in [2.24, 2.45) is 11.8 Å². The molecule has 1 N–H and O–H groups in total. The summed E-state index contributed by atoms with van der Waals surface area (Å²) in [5.41, 5.74) is 0.583. The molecule has 1 aromatic carbocycles. The van der Waals surface area contributed by atoms with Crippen molar-refractivity contribution in [2.45, 2.75) is 0 Å². The summed E-state index contributed by atoms with van der Waals surface area (Å²) in [5.74, 6) is 0.919. The Morgan fingerprint density at radius 2 is 1.72 bits per heavy atom. The van der Waals surface area contributed by atoms with Crippen molar-refractivity contribution in [2.75, 3.05) is 26.2 Å². The fourth-order valence-corrected chi connectivity index (χ4v) is 2.80. The Hall–Kier alpha value is -1.13. The molecule has 0 radical (unpaired) electrons. The van der Waals surface area contributed by atoms with Crippen LogP contribution >= 0.6 is 12.4 Å². The van der Waals surface area contributed by atoms with Crippen LogP contribution in [0.2, 0.25) is 0 Å². The number of nitrogens with zero attached hydrogens (tertiary/aromatic N) is 1. The molecule has 0 aliphatic carbocycles. The Morgan fingerprint density at radius 3 is 2.28 bits per heavy atom. The number of benzene rings is 1. The summed E-state index contributed by atoms with van der Waals surface area (Å²) in [6.07, 6.45) is 0. The van der Waals surface area contributed by atoms with E-state index in [4.69, 9.17) is 0 Å². The van der Waals surface area contributed by atoms with Gasteiger partial charge in [0.1, 0.15) is 5.82 Å². The Labute approximate surface area is 112 Å². The zero-order chi connectivity index (χ0) is 11.8. The van der Waals surface area contributed by atoms with Crippen LogP contribution in [0.4, 0.5) is 4.39 Å². The lowest BCUT2D eigenvalue weighted by Crippen LogP contribution is -2.31. The smallest absolute Gasteiger partial charge is 0.253 e. The molecular weight excluding hydrogens is 255 g/mol. The van der Waals surface area contributed by atoms with E-state index < -0.39 is 0 Å². The Morgan fingerprint density at radius 1 is 1.17 bits per heavy atom. The van der Waals surface area contributed by atoms with E-state index in [1.54, 1.807) is 12.1 Å². The topological polar surface area (TPSA) is 32.3 Å². The molecule has 2 heterocycles. The normalized spacial score (nSPS) is 25.7. The fourth-order valence-electron chi connectivity index (χ4n) is 2.80. The predicted molar refractivity (Wildman–Crippen MR) is 69.4 cm³/mol. The van der Waals surface area contributed by atoms with Crippen molar-refractivity contribution < 1.29 is 9.18 Å². The van der Waals surface area contributed by atoms with Crippen LogP contribution in [0.25, 0.3) is 0 Å². The number of amides is 1. The third-order valence-corrected chi connectivity index (χ3v) is 3.77. The van der Waals surface area contributed by atoms with Gasteiger partial charge in [0, 0.05) is 31.7 Å². The number of likely N-dealkylation sites (tertiary alicyclic amines) is 1. The molecule has 2 atom stereocenters. The second-order valence-electron chi connectivity index (χ2n) is 4.90. The maximum atomic E-state index is 12.8. The third kappa shape index (κ3) is 2.35. The average Bonchev–Trinajstić information content (AvgIpc) is 2.89. The maximum absolute atomic E-state index is 12.8. The molecule has 0 saturated carbocycles. The van der Waals surface area contributed by atoms with E-state index in [0.717, 1.165) is 26.2 Å². The summed E-state index contributed by atoms with van der Waals surface area (Å²) in [6.45, 7) is 3.68. The zero-order valence-electron chi connectivity index (χ0n) is 9.93. The molecule has 2 aliphatic heterocycles. The number of carbonyl (C=O) groups is 1. The Kier molecular flexibility index (Phi) is 3.88. The highest BCUT2D eigenvalue weighted by atomic mass is 35.5. The van der Waals surface area contributed by atoms with Crippen LogP contribution in [0.5, 0.6) is 0 Å². The number of hydrogen-bond donors (Lipinski definition) is 1. The van der Waals surface area contributed by atoms with Crippen molar-refractivity contribution in [3.05, 3.63) is 35.6 Å². The summed E-state index contributed by atoms with van der Waals surface area (Å²) in [6, 6.07) is 5.80. The highest BCUT2D eigenvalue weighted by molar-refractivity contribution is 5.94. The Bertz CT molecular complexity index is 425. The molecule has 3 rings (SSSR count). The van der Waals surface area contributed by atoms with Gasteiger partial charge in [0.25, 0.3) is 5.91 Å². The molecule has 0 unspecified atom stereocenters. The first-order chi connectivity index (χ1) is 8.24. The van der Waals surface area contributed by atoms with Crippen molar-refractivity contribution in [3.8, 4) is 0 Å². The molecule has 0 bridgehead atoms. The van der Waals surface area contributed by atoms with E-state index in [2.05, 4.69) is 5.32 Å². The third-order valence-electron chi connectivity index (χ3n) is 3.77. The van der Waals surface area contributed by atoms with Crippen LogP contribution in [-0.4, -0.2) is 37.0 Å². The molecular formula is C13H16ClFN2O. The van der Waals surface area contributed by atoms with E-state index in [9.17, 15) is 9.18 Å². The van der Waals surface area contributed by atoms with Crippen LogP contribution in [0.1, 0.15) is 10.4 Å². The molecule has 2 saturated heterocycles. The molecule has 0 spiro atoms. The van der Waals surface area contributed by atoms with Gasteiger partial charge in [0.05, 0.1) is 0 Å². The van der Waals surface area contributed by atoms with Crippen LogP contribution in [-0.2, 0) is 0 Å². The molecule has 1 amide bonds. The number of rotatable bonds is 1. The van der Waals surface area contributed by atoms with Crippen LogP contribution < -0.4 is 5.32 Å². The van der Waals surface area contributed by atoms with Gasteiger partial charge < -0.3 is 10.2 Å². The highest BCUT2D eigenvalue weighted by Crippen LogP contribution is 2.27. The lowest BCUT2D eigenvalue weighted by Gasteiger charge is -2.17. The molecule has 2 aliphatic rings. The maximum Gasteiger partial charge on any atom is 0.253 e. The molecule has 18 heavy (non-hydrogen) atoms. The van der Waals surface area contributed by atoms with Gasteiger partial charge >= 0.3 is 0 Å². The van der Waals surface area contributed by atoms with Crippen molar-refractivity contribution in [3.63, 3.8) is 0 Å².